The first-order chi connectivity index (χ1) is 9.69. The van der Waals surface area contributed by atoms with Gasteiger partial charge in [0.1, 0.15) is 18.6 Å². The highest BCUT2D eigenvalue weighted by molar-refractivity contribution is 6.03. The van der Waals surface area contributed by atoms with E-state index in [9.17, 15) is 9.59 Å². The zero-order valence-electron chi connectivity index (χ0n) is 11.9. The van der Waals surface area contributed by atoms with Crippen molar-refractivity contribution in [2.45, 2.75) is 44.8 Å². The van der Waals surface area contributed by atoms with Crippen LogP contribution in [0.4, 0.5) is 0 Å². The number of hydrogen-bond donors (Lipinski definition) is 0. The second-order valence-electron chi connectivity index (χ2n) is 5.35. The summed E-state index contributed by atoms with van der Waals surface area (Å²) in [5.74, 6) is -1.15. The third kappa shape index (κ3) is 3.37. The quantitative estimate of drug-likeness (QED) is 0.311. The van der Waals surface area contributed by atoms with Gasteiger partial charge in [-0.2, -0.15) is 0 Å². The van der Waals surface area contributed by atoms with E-state index in [0.717, 1.165) is 25.7 Å². The van der Waals surface area contributed by atoms with Crippen molar-refractivity contribution in [3.8, 4) is 0 Å². The fraction of sp³-hybridized carbons (Fsp3) is 0.625. The molecule has 0 aromatic heterocycles. The fourth-order valence-corrected chi connectivity index (χ4v) is 2.83. The molecule has 0 amide bonds. The Hall–Kier alpha value is -1.42. The number of hydrogen-bond acceptors (Lipinski definition) is 4. The molecule has 1 saturated carbocycles. The fourth-order valence-electron chi connectivity index (χ4n) is 2.83. The zero-order valence-corrected chi connectivity index (χ0v) is 11.9. The molecule has 20 heavy (non-hydrogen) atoms. The summed E-state index contributed by atoms with van der Waals surface area (Å²) in [6.45, 7) is 5.75. The van der Waals surface area contributed by atoms with Crippen molar-refractivity contribution in [1.82, 2.24) is 0 Å². The molecule has 4 nitrogen and oxygen atoms in total. The van der Waals surface area contributed by atoms with Gasteiger partial charge in [0.2, 0.25) is 0 Å². The number of allylic oxidation sites excluding steroid dienone is 2. The molecule has 4 atom stereocenters. The second kappa shape index (κ2) is 6.84. The van der Waals surface area contributed by atoms with Crippen LogP contribution in [0, 0.1) is 11.8 Å². The zero-order chi connectivity index (χ0) is 14.5. The third-order valence-corrected chi connectivity index (χ3v) is 3.88. The van der Waals surface area contributed by atoms with Crippen molar-refractivity contribution in [1.29, 1.82) is 0 Å². The minimum atomic E-state index is -0.659. The van der Waals surface area contributed by atoms with Crippen molar-refractivity contribution in [2.24, 2.45) is 11.8 Å². The molecular formula is C16H22O4. The molecule has 2 fully saturated rings. The van der Waals surface area contributed by atoms with Gasteiger partial charge in [0.05, 0.1) is 6.10 Å². The topological polar surface area (TPSA) is 55.9 Å². The number of fused-ring (bicyclic) bond motifs is 1. The minimum Gasteiger partial charge on any atom is -0.461 e. The summed E-state index contributed by atoms with van der Waals surface area (Å²) in [7, 11) is 0. The number of carbonyl (C=O) groups excluding carboxylic acids is 2. The van der Waals surface area contributed by atoms with Crippen LogP contribution in [0.2, 0.25) is 0 Å². The lowest BCUT2D eigenvalue weighted by atomic mass is 9.76. The van der Waals surface area contributed by atoms with E-state index < -0.39 is 11.9 Å². The highest BCUT2D eigenvalue weighted by atomic mass is 16.6. The molecule has 0 N–H and O–H groups in total. The highest BCUT2D eigenvalue weighted by Gasteiger charge is 2.57. The number of epoxide rings is 1. The lowest BCUT2D eigenvalue weighted by Gasteiger charge is -2.26. The Balaban J connectivity index is 1.97. The van der Waals surface area contributed by atoms with Crippen LogP contribution in [0.5, 0.6) is 0 Å². The predicted molar refractivity (Wildman–Crippen MR) is 75.1 cm³/mol. The molecule has 0 aromatic rings. The van der Waals surface area contributed by atoms with Gasteiger partial charge in [0, 0.05) is 0 Å². The van der Waals surface area contributed by atoms with E-state index in [1.807, 2.05) is 0 Å². The van der Waals surface area contributed by atoms with Crippen LogP contribution in [0.25, 0.3) is 0 Å². The number of rotatable bonds is 7. The maximum Gasteiger partial charge on any atom is 0.317 e. The monoisotopic (exact) mass is 278 g/mol. The summed E-state index contributed by atoms with van der Waals surface area (Å²) < 4.78 is 10.4. The maximum absolute atomic E-state index is 12.2. The summed E-state index contributed by atoms with van der Waals surface area (Å²) in [6.07, 6.45) is 8.89. The molecule has 2 aliphatic rings. The van der Waals surface area contributed by atoms with E-state index in [1.165, 1.54) is 6.08 Å². The Morgan fingerprint density at radius 3 is 3.00 bits per heavy atom. The molecule has 0 bridgehead atoms. The molecule has 1 heterocycles. The summed E-state index contributed by atoms with van der Waals surface area (Å²) in [6, 6.07) is 0. The van der Waals surface area contributed by atoms with Gasteiger partial charge in [-0.05, 0) is 31.6 Å². The van der Waals surface area contributed by atoms with Crippen LogP contribution in [-0.4, -0.2) is 30.6 Å². The Kier molecular flexibility index (Phi) is 5.12. The smallest absolute Gasteiger partial charge is 0.317 e. The van der Waals surface area contributed by atoms with E-state index in [2.05, 4.69) is 25.7 Å². The van der Waals surface area contributed by atoms with Gasteiger partial charge in [-0.3, -0.25) is 9.59 Å². The van der Waals surface area contributed by atoms with E-state index in [-0.39, 0.29) is 30.5 Å². The first kappa shape index (κ1) is 15.0. The molecule has 2 rings (SSSR count). The Morgan fingerprint density at radius 1 is 1.50 bits per heavy atom. The van der Waals surface area contributed by atoms with Crippen LogP contribution in [0.3, 0.4) is 0 Å². The average Bonchev–Trinajstić information content (AvgIpc) is 3.21. The van der Waals surface area contributed by atoms with E-state index in [4.69, 9.17) is 9.47 Å². The van der Waals surface area contributed by atoms with Gasteiger partial charge in [0.25, 0.3) is 0 Å². The van der Waals surface area contributed by atoms with Gasteiger partial charge < -0.3 is 9.47 Å². The number of ketones is 1. The Bertz CT molecular complexity index is 413. The van der Waals surface area contributed by atoms with Crippen LogP contribution in [-0.2, 0) is 19.1 Å². The van der Waals surface area contributed by atoms with Gasteiger partial charge in [-0.1, -0.05) is 31.7 Å². The van der Waals surface area contributed by atoms with Crippen molar-refractivity contribution in [2.75, 3.05) is 6.61 Å². The van der Waals surface area contributed by atoms with E-state index in [1.54, 1.807) is 0 Å². The highest BCUT2D eigenvalue weighted by Crippen LogP contribution is 2.42. The van der Waals surface area contributed by atoms with Crippen LogP contribution >= 0.6 is 0 Å². The first-order valence-electron chi connectivity index (χ1n) is 7.30. The molecule has 1 unspecified atom stereocenters. The number of esters is 1. The summed E-state index contributed by atoms with van der Waals surface area (Å²) in [5, 5.41) is 0. The van der Waals surface area contributed by atoms with E-state index >= 15 is 0 Å². The summed E-state index contributed by atoms with van der Waals surface area (Å²) in [4.78, 5) is 24.3. The largest absolute Gasteiger partial charge is 0.461 e. The van der Waals surface area contributed by atoms with Crippen molar-refractivity contribution < 1.29 is 19.1 Å². The maximum atomic E-state index is 12.2. The molecular weight excluding hydrogens is 256 g/mol. The average molecular weight is 278 g/mol. The third-order valence-electron chi connectivity index (χ3n) is 3.88. The lowest BCUT2D eigenvalue weighted by Crippen LogP contribution is -2.40. The van der Waals surface area contributed by atoms with Gasteiger partial charge in [-0.25, -0.2) is 0 Å². The van der Waals surface area contributed by atoms with Gasteiger partial charge in [0.15, 0.2) is 5.78 Å². The van der Waals surface area contributed by atoms with Crippen LogP contribution < -0.4 is 0 Å². The molecule has 1 saturated heterocycles. The number of carbonyl (C=O) groups is 2. The molecule has 110 valence electrons. The van der Waals surface area contributed by atoms with Gasteiger partial charge in [-0.15, -0.1) is 0 Å². The van der Waals surface area contributed by atoms with Crippen molar-refractivity contribution in [3.05, 3.63) is 24.8 Å². The summed E-state index contributed by atoms with van der Waals surface area (Å²) in [5.41, 5.74) is 0. The van der Waals surface area contributed by atoms with Crippen molar-refractivity contribution >= 4 is 11.8 Å². The molecule has 0 spiro atoms. The standard InChI is InChI=1S/C16H22O4/c1-3-5-6-7-8-11-10-12-15(20-12)14(17)13(11)16(18)19-9-4-2/h4-6,11-13,15H,2-3,7-10H2,1H3/b6-5-/t11-,12-,13?,15-/m1/s1. The van der Waals surface area contributed by atoms with E-state index in [0.29, 0.717) is 0 Å². The first-order valence-corrected chi connectivity index (χ1v) is 7.30. The second-order valence-corrected chi connectivity index (χ2v) is 5.35. The van der Waals surface area contributed by atoms with Crippen LogP contribution in [0.15, 0.2) is 24.8 Å². The predicted octanol–water partition coefficient (Wildman–Crippen LogP) is 2.43. The molecule has 0 radical (unpaired) electrons. The minimum absolute atomic E-state index is 0.0325. The SMILES string of the molecule is C=CCOC(=O)C1C(=O)[C@@H]2O[C@@H]2C[C@H]1CC/C=C\CC. The molecule has 1 aliphatic heterocycles. The number of ether oxygens (including phenoxy) is 2. The molecule has 0 aromatic carbocycles. The van der Waals surface area contributed by atoms with Crippen molar-refractivity contribution in [3.63, 3.8) is 0 Å². The van der Waals surface area contributed by atoms with Gasteiger partial charge >= 0.3 is 5.97 Å². The Labute approximate surface area is 119 Å². The molecule has 1 aliphatic carbocycles. The normalized spacial score (nSPS) is 31.9. The van der Waals surface area contributed by atoms with Crippen LogP contribution in [0.1, 0.15) is 32.6 Å². The molecule has 4 heteroatoms. The summed E-state index contributed by atoms with van der Waals surface area (Å²) >= 11 is 0. The Morgan fingerprint density at radius 2 is 2.30 bits per heavy atom. The lowest BCUT2D eigenvalue weighted by molar-refractivity contribution is -0.154. The number of Topliss-reactive ketones (excluding diaryl/α,β-unsaturated/α-hetero) is 1.